The average molecular weight is 275 g/mol. The highest BCUT2D eigenvalue weighted by molar-refractivity contribution is 7.90. The fraction of sp³-hybridized carbons (Fsp3) is 0.500. The number of hydrogen-bond donors (Lipinski definition) is 1. The molecule has 0 spiro atoms. The van der Waals surface area contributed by atoms with Gasteiger partial charge in [0, 0.05) is 6.26 Å². The lowest BCUT2D eigenvalue weighted by molar-refractivity contribution is 0.423. The van der Waals surface area contributed by atoms with E-state index in [4.69, 9.17) is 0 Å². The number of benzene rings is 1. The van der Waals surface area contributed by atoms with E-state index in [0.29, 0.717) is 0 Å². The smallest absolute Gasteiger partial charge is 0.178 e. The summed E-state index contributed by atoms with van der Waals surface area (Å²) in [5, 5.41) is 3.14. The minimum atomic E-state index is -3.73. The van der Waals surface area contributed by atoms with Crippen LogP contribution < -0.4 is 5.32 Å². The molecule has 6 heteroatoms. The molecule has 1 saturated heterocycles. The molecule has 0 bridgehead atoms. The number of hydrogen-bond acceptors (Lipinski definition) is 3. The maximum absolute atomic E-state index is 13.9. The van der Waals surface area contributed by atoms with Gasteiger partial charge >= 0.3 is 0 Å². The molecule has 0 saturated carbocycles. The van der Waals surface area contributed by atoms with Crippen molar-refractivity contribution < 1.29 is 17.2 Å². The van der Waals surface area contributed by atoms with E-state index in [0.717, 1.165) is 38.3 Å². The number of halogens is 2. The zero-order valence-corrected chi connectivity index (χ0v) is 10.9. The van der Waals surface area contributed by atoms with Gasteiger partial charge in [-0.15, -0.1) is 0 Å². The molecule has 1 aliphatic rings. The Labute approximate surface area is 105 Å². The van der Waals surface area contributed by atoms with Crippen molar-refractivity contribution in [2.45, 2.75) is 23.7 Å². The first-order chi connectivity index (χ1) is 8.41. The Hall–Kier alpha value is -1.01. The number of piperidine rings is 1. The molecule has 1 aliphatic heterocycles. The summed E-state index contributed by atoms with van der Waals surface area (Å²) < 4.78 is 50.2. The van der Waals surface area contributed by atoms with Crippen LogP contribution in [-0.2, 0) is 9.84 Å². The van der Waals surface area contributed by atoms with E-state index in [1.165, 1.54) is 6.07 Å². The maximum Gasteiger partial charge on any atom is 0.178 e. The molecule has 0 amide bonds. The molecular weight excluding hydrogens is 260 g/mol. The van der Waals surface area contributed by atoms with Gasteiger partial charge in [0.25, 0.3) is 0 Å². The molecule has 100 valence electrons. The molecule has 1 N–H and O–H groups in total. The van der Waals surface area contributed by atoms with Gasteiger partial charge in [-0.05, 0) is 43.5 Å². The van der Waals surface area contributed by atoms with Crippen LogP contribution in [0.3, 0.4) is 0 Å². The van der Waals surface area contributed by atoms with E-state index in [2.05, 4.69) is 5.32 Å². The Morgan fingerprint density at radius 1 is 1.17 bits per heavy atom. The van der Waals surface area contributed by atoms with Gasteiger partial charge in [-0.2, -0.15) is 0 Å². The fourth-order valence-corrected chi connectivity index (χ4v) is 3.01. The predicted octanol–water partition coefficient (Wildman–Crippen LogP) is 1.84. The van der Waals surface area contributed by atoms with E-state index < -0.39 is 26.4 Å². The molecule has 18 heavy (non-hydrogen) atoms. The first kappa shape index (κ1) is 13.4. The lowest BCUT2D eigenvalue weighted by Crippen LogP contribution is -2.27. The van der Waals surface area contributed by atoms with Gasteiger partial charge in [0.15, 0.2) is 21.5 Å². The van der Waals surface area contributed by atoms with Crippen molar-refractivity contribution in [1.82, 2.24) is 5.32 Å². The predicted molar refractivity (Wildman–Crippen MR) is 64.3 cm³/mol. The Balaban J connectivity index is 2.43. The Kier molecular flexibility index (Phi) is 3.68. The summed E-state index contributed by atoms with van der Waals surface area (Å²) in [7, 11) is -3.73. The average Bonchev–Trinajstić information content (AvgIpc) is 2.32. The van der Waals surface area contributed by atoms with Crippen LogP contribution in [0.1, 0.15) is 24.3 Å². The molecule has 1 aromatic rings. The fourth-order valence-electron chi connectivity index (χ4n) is 2.28. The molecule has 1 heterocycles. The van der Waals surface area contributed by atoms with Crippen LogP contribution in [0.15, 0.2) is 17.0 Å². The van der Waals surface area contributed by atoms with E-state index in [1.807, 2.05) is 0 Å². The summed E-state index contributed by atoms with van der Waals surface area (Å²) >= 11 is 0. The van der Waals surface area contributed by atoms with E-state index in [9.17, 15) is 17.2 Å². The summed E-state index contributed by atoms with van der Waals surface area (Å²) in [6.45, 7) is 1.53. The zero-order valence-electron chi connectivity index (χ0n) is 10.0. The third-order valence-corrected chi connectivity index (χ3v) is 4.37. The normalized spacial score (nSPS) is 17.9. The summed E-state index contributed by atoms with van der Waals surface area (Å²) in [5.41, 5.74) is 0.279. The monoisotopic (exact) mass is 275 g/mol. The highest BCUT2D eigenvalue weighted by Gasteiger charge is 2.25. The summed E-state index contributed by atoms with van der Waals surface area (Å²) in [6, 6.07) is 2.55. The summed E-state index contributed by atoms with van der Waals surface area (Å²) in [5.74, 6) is -2.33. The van der Waals surface area contributed by atoms with Crippen molar-refractivity contribution in [3.63, 3.8) is 0 Å². The molecule has 2 rings (SSSR count). The second kappa shape index (κ2) is 4.93. The highest BCUT2D eigenvalue weighted by atomic mass is 32.2. The SMILES string of the molecule is CS(=O)(=O)c1ccc(C2CCNCC2)c(F)c1F. The first-order valence-electron chi connectivity index (χ1n) is 5.80. The molecule has 0 radical (unpaired) electrons. The second-order valence-electron chi connectivity index (χ2n) is 4.58. The van der Waals surface area contributed by atoms with Crippen molar-refractivity contribution in [3.8, 4) is 0 Å². The molecule has 0 atom stereocenters. The van der Waals surface area contributed by atoms with Crippen LogP contribution in [0.5, 0.6) is 0 Å². The molecule has 0 aromatic heterocycles. The van der Waals surface area contributed by atoms with E-state index >= 15 is 0 Å². The Morgan fingerprint density at radius 3 is 2.33 bits per heavy atom. The Morgan fingerprint density at radius 2 is 1.78 bits per heavy atom. The topological polar surface area (TPSA) is 46.2 Å². The molecule has 1 fully saturated rings. The van der Waals surface area contributed by atoms with Gasteiger partial charge in [0.1, 0.15) is 4.90 Å². The molecular formula is C12H15F2NO2S. The van der Waals surface area contributed by atoms with Crippen LogP contribution in [0.25, 0.3) is 0 Å². The second-order valence-corrected chi connectivity index (χ2v) is 6.56. The van der Waals surface area contributed by atoms with Gasteiger partial charge in [-0.25, -0.2) is 17.2 Å². The molecule has 3 nitrogen and oxygen atoms in total. The maximum atomic E-state index is 13.9. The van der Waals surface area contributed by atoms with Crippen LogP contribution in [0.2, 0.25) is 0 Å². The highest BCUT2D eigenvalue weighted by Crippen LogP contribution is 2.30. The third-order valence-electron chi connectivity index (χ3n) is 3.26. The first-order valence-corrected chi connectivity index (χ1v) is 7.69. The Bertz CT molecular complexity index is 551. The standard InChI is InChI=1S/C12H15F2NO2S/c1-18(16,17)10-3-2-9(11(13)12(10)14)8-4-6-15-7-5-8/h2-3,8,15H,4-7H2,1H3. The zero-order chi connectivity index (χ0) is 13.3. The van der Waals surface area contributed by atoms with Gasteiger partial charge in [0.2, 0.25) is 0 Å². The van der Waals surface area contributed by atoms with Gasteiger partial charge in [-0.3, -0.25) is 0 Å². The van der Waals surface area contributed by atoms with Crippen molar-refractivity contribution >= 4 is 9.84 Å². The molecule has 1 aromatic carbocycles. The summed E-state index contributed by atoms with van der Waals surface area (Å²) in [6.07, 6.45) is 2.33. The van der Waals surface area contributed by atoms with Crippen molar-refractivity contribution in [2.24, 2.45) is 0 Å². The van der Waals surface area contributed by atoms with Crippen LogP contribution in [-0.4, -0.2) is 27.8 Å². The number of sulfone groups is 1. The largest absolute Gasteiger partial charge is 0.317 e. The van der Waals surface area contributed by atoms with Gasteiger partial charge in [-0.1, -0.05) is 6.07 Å². The number of nitrogens with one attached hydrogen (secondary N) is 1. The lowest BCUT2D eigenvalue weighted by atomic mass is 9.90. The van der Waals surface area contributed by atoms with E-state index in [-0.39, 0.29) is 11.5 Å². The third kappa shape index (κ3) is 2.54. The molecule has 0 aliphatic carbocycles. The van der Waals surface area contributed by atoms with Crippen molar-refractivity contribution in [2.75, 3.05) is 19.3 Å². The van der Waals surface area contributed by atoms with Crippen LogP contribution in [0.4, 0.5) is 8.78 Å². The van der Waals surface area contributed by atoms with Gasteiger partial charge in [0.05, 0.1) is 0 Å². The number of rotatable bonds is 2. The summed E-state index contributed by atoms with van der Waals surface area (Å²) in [4.78, 5) is -0.572. The van der Waals surface area contributed by atoms with Crippen LogP contribution in [0, 0.1) is 11.6 Å². The van der Waals surface area contributed by atoms with E-state index in [1.54, 1.807) is 0 Å². The van der Waals surface area contributed by atoms with Crippen molar-refractivity contribution in [3.05, 3.63) is 29.3 Å². The van der Waals surface area contributed by atoms with Crippen molar-refractivity contribution in [1.29, 1.82) is 0 Å². The minimum Gasteiger partial charge on any atom is -0.317 e. The van der Waals surface area contributed by atoms with Gasteiger partial charge < -0.3 is 5.32 Å². The molecule has 0 unspecified atom stereocenters. The minimum absolute atomic E-state index is 0.0469. The quantitative estimate of drug-likeness (QED) is 0.895. The lowest BCUT2D eigenvalue weighted by Gasteiger charge is -2.23. The van der Waals surface area contributed by atoms with Crippen LogP contribution >= 0.6 is 0 Å².